The van der Waals surface area contributed by atoms with Crippen molar-refractivity contribution in [2.75, 3.05) is 0 Å². The number of aryl methyl sites for hydroxylation is 2. The van der Waals surface area contributed by atoms with Crippen LogP contribution in [-0.2, 0) is 6.54 Å². The Morgan fingerprint density at radius 1 is 0.774 bits per heavy atom. The van der Waals surface area contributed by atoms with Crippen LogP contribution in [0.2, 0.25) is 0 Å². The Morgan fingerprint density at radius 3 is 2.19 bits per heavy atom. The van der Waals surface area contributed by atoms with E-state index in [2.05, 4.69) is 95.3 Å². The molecular formula is C26H21N5. The molecule has 0 amide bonds. The second-order valence-corrected chi connectivity index (χ2v) is 7.77. The molecule has 0 spiro atoms. The van der Waals surface area contributed by atoms with Crippen LogP contribution in [-0.4, -0.2) is 24.5 Å². The lowest BCUT2D eigenvalue weighted by Gasteiger charge is -2.15. The Hall–Kier alpha value is -3.99. The second kappa shape index (κ2) is 6.77. The molecule has 5 heteroatoms. The van der Waals surface area contributed by atoms with E-state index in [1.165, 1.54) is 27.4 Å². The van der Waals surface area contributed by atoms with Crippen molar-refractivity contribution < 1.29 is 0 Å². The quantitative estimate of drug-likeness (QED) is 0.369. The third-order valence-corrected chi connectivity index (χ3v) is 6.02. The van der Waals surface area contributed by atoms with Crippen LogP contribution in [0.5, 0.6) is 0 Å². The highest BCUT2D eigenvalue weighted by Crippen LogP contribution is 2.38. The number of benzene rings is 3. The molecule has 6 aromatic rings. The molecule has 0 atom stereocenters. The maximum atomic E-state index is 4.95. The minimum Gasteiger partial charge on any atom is -0.308 e. The van der Waals surface area contributed by atoms with Crippen molar-refractivity contribution in [2.24, 2.45) is 0 Å². The van der Waals surface area contributed by atoms with Gasteiger partial charge in [0.25, 0.3) is 0 Å². The lowest BCUT2D eigenvalue weighted by molar-refractivity contribution is 0.686. The Morgan fingerprint density at radius 2 is 1.48 bits per heavy atom. The zero-order chi connectivity index (χ0) is 20.9. The van der Waals surface area contributed by atoms with Gasteiger partial charge in [0.1, 0.15) is 11.2 Å². The molecule has 6 rings (SSSR count). The summed E-state index contributed by atoms with van der Waals surface area (Å²) >= 11 is 0. The van der Waals surface area contributed by atoms with Gasteiger partial charge in [0.05, 0.1) is 28.4 Å². The summed E-state index contributed by atoms with van der Waals surface area (Å²) in [5.41, 5.74) is 8.45. The minimum absolute atomic E-state index is 0.777. The molecular weight excluding hydrogens is 382 g/mol. The van der Waals surface area contributed by atoms with Gasteiger partial charge in [0.15, 0.2) is 0 Å². The molecule has 0 bridgehead atoms. The van der Waals surface area contributed by atoms with E-state index in [-0.39, 0.29) is 0 Å². The lowest BCUT2D eigenvalue weighted by atomic mass is 10.0. The highest BCUT2D eigenvalue weighted by atomic mass is 15.3. The average molecular weight is 403 g/mol. The molecule has 150 valence electrons. The van der Waals surface area contributed by atoms with E-state index >= 15 is 0 Å². The van der Waals surface area contributed by atoms with Crippen LogP contribution in [0.1, 0.15) is 12.5 Å². The molecule has 3 aromatic heterocycles. The summed E-state index contributed by atoms with van der Waals surface area (Å²) in [5, 5.41) is 16.1. The van der Waals surface area contributed by atoms with Gasteiger partial charge in [-0.05, 0) is 37.6 Å². The van der Waals surface area contributed by atoms with Crippen molar-refractivity contribution in [1.29, 1.82) is 0 Å². The highest BCUT2D eigenvalue weighted by molar-refractivity contribution is 6.10. The smallest absolute Gasteiger partial charge is 0.139 e. The molecule has 0 aliphatic carbocycles. The maximum Gasteiger partial charge on any atom is 0.139 e. The van der Waals surface area contributed by atoms with Gasteiger partial charge in [0.2, 0.25) is 0 Å². The number of aromatic nitrogens is 5. The first-order valence-corrected chi connectivity index (χ1v) is 10.5. The van der Waals surface area contributed by atoms with E-state index in [0.29, 0.717) is 0 Å². The fourth-order valence-corrected chi connectivity index (χ4v) is 4.66. The first-order valence-electron chi connectivity index (χ1n) is 10.5. The van der Waals surface area contributed by atoms with Crippen LogP contribution in [0.4, 0.5) is 0 Å². The SMILES string of the molecule is CCn1nc(-c2cccc(C)c2-n2c3ccccc3c3ccccc32)c2nnccc21. The third-order valence-electron chi connectivity index (χ3n) is 6.02. The molecule has 0 saturated heterocycles. The fraction of sp³-hybridized carbons (Fsp3) is 0.115. The summed E-state index contributed by atoms with van der Waals surface area (Å²) in [6.45, 7) is 5.03. The van der Waals surface area contributed by atoms with Gasteiger partial charge in [-0.3, -0.25) is 4.68 Å². The molecule has 0 unspecified atom stereocenters. The molecule has 0 aliphatic rings. The van der Waals surface area contributed by atoms with Crippen LogP contribution in [0.3, 0.4) is 0 Å². The number of rotatable bonds is 3. The summed E-state index contributed by atoms with van der Waals surface area (Å²) in [6.07, 6.45) is 1.73. The molecule has 3 aromatic carbocycles. The summed E-state index contributed by atoms with van der Waals surface area (Å²) < 4.78 is 4.36. The van der Waals surface area contributed by atoms with Gasteiger partial charge in [-0.1, -0.05) is 54.6 Å². The van der Waals surface area contributed by atoms with E-state index in [1.54, 1.807) is 6.20 Å². The number of nitrogens with zero attached hydrogens (tertiary/aromatic N) is 5. The van der Waals surface area contributed by atoms with Crippen LogP contribution in [0, 0.1) is 6.92 Å². The Bertz CT molecular complexity index is 1540. The van der Waals surface area contributed by atoms with Gasteiger partial charge in [0, 0.05) is 22.9 Å². The molecule has 31 heavy (non-hydrogen) atoms. The van der Waals surface area contributed by atoms with Gasteiger partial charge in [-0.25, -0.2) is 0 Å². The van der Waals surface area contributed by atoms with Crippen molar-refractivity contribution in [3.05, 3.63) is 84.6 Å². The molecule has 0 aliphatic heterocycles. The highest BCUT2D eigenvalue weighted by Gasteiger charge is 2.21. The second-order valence-electron chi connectivity index (χ2n) is 7.77. The zero-order valence-electron chi connectivity index (χ0n) is 17.4. The molecule has 3 heterocycles. The molecule has 0 N–H and O–H groups in total. The molecule has 0 fully saturated rings. The molecule has 0 saturated carbocycles. The topological polar surface area (TPSA) is 48.5 Å². The predicted octanol–water partition coefficient (Wildman–Crippen LogP) is 5.92. The molecule has 5 nitrogen and oxygen atoms in total. The number of fused-ring (bicyclic) bond motifs is 4. The number of hydrogen-bond donors (Lipinski definition) is 0. The lowest BCUT2D eigenvalue weighted by Crippen LogP contribution is -2.01. The van der Waals surface area contributed by atoms with Gasteiger partial charge in [-0.15, -0.1) is 5.10 Å². The van der Waals surface area contributed by atoms with E-state index in [4.69, 9.17) is 5.10 Å². The normalized spacial score (nSPS) is 11.7. The third kappa shape index (κ3) is 2.53. The standard InChI is InChI=1S/C26H21N5/c1-3-30-23-15-16-27-28-25(23)24(29-30)20-12-8-9-17(2)26(20)31-21-13-6-4-10-18(21)19-11-5-7-14-22(19)31/h4-16H,3H2,1-2H3. The first kappa shape index (κ1) is 17.8. The van der Waals surface area contributed by atoms with Crippen molar-refractivity contribution >= 4 is 32.8 Å². The van der Waals surface area contributed by atoms with Gasteiger partial charge < -0.3 is 4.57 Å². The number of hydrogen-bond acceptors (Lipinski definition) is 3. The van der Waals surface area contributed by atoms with E-state index in [9.17, 15) is 0 Å². The van der Waals surface area contributed by atoms with Crippen LogP contribution in [0.15, 0.2) is 79.0 Å². The largest absolute Gasteiger partial charge is 0.308 e. The maximum absolute atomic E-state index is 4.95. The summed E-state index contributed by atoms with van der Waals surface area (Å²) in [5.74, 6) is 0. The van der Waals surface area contributed by atoms with Gasteiger partial charge in [-0.2, -0.15) is 10.2 Å². The monoisotopic (exact) mass is 403 g/mol. The first-order chi connectivity index (χ1) is 15.3. The Labute approximate surface area is 179 Å². The van der Waals surface area contributed by atoms with Crippen LogP contribution >= 0.6 is 0 Å². The van der Waals surface area contributed by atoms with Crippen molar-refractivity contribution in [3.63, 3.8) is 0 Å². The Balaban J connectivity index is 1.77. The number of para-hydroxylation sites is 3. The van der Waals surface area contributed by atoms with Crippen molar-refractivity contribution in [1.82, 2.24) is 24.5 Å². The predicted molar refractivity (Wildman–Crippen MR) is 126 cm³/mol. The summed E-state index contributed by atoms with van der Waals surface area (Å²) in [4.78, 5) is 0. The minimum atomic E-state index is 0.777. The summed E-state index contributed by atoms with van der Waals surface area (Å²) in [7, 11) is 0. The summed E-state index contributed by atoms with van der Waals surface area (Å²) in [6, 6.07) is 25.5. The fourth-order valence-electron chi connectivity index (χ4n) is 4.66. The van der Waals surface area contributed by atoms with Crippen LogP contribution in [0.25, 0.3) is 49.8 Å². The van der Waals surface area contributed by atoms with E-state index in [1.807, 2.05) is 10.7 Å². The van der Waals surface area contributed by atoms with Crippen molar-refractivity contribution in [3.8, 4) is 16.9 Å². The van der Waals surface area contributed by atoms with E-state index in [0.717, 1.165) is 34.5 Å². The van der Waals surface area contributed by atoms with Crippen molar-refractivity contribution in [2.45, 2.75) is 20.4 Å². The van der Waals surface area contributed by atoms with Gasteiger partial charge >= 0.3 is 0 Å². The average Bonchev–Trinajstić information content (AvgIpc) is 3.35. The molecule has 0 radical (unpaired) electrons. The Kier molecular flexibility index (Phi) is 3.90. The zero-order valence-corrected chi connectivity index (χ0v) is 17.4. The van der Waals surface area contributed by atoms with E-state index < -0.39 is 0 Å². The van der Waals surface area contributed by atoms with Crippen LogP contribution < -0.4 is 0 Å².